The molecule has 1 aromatic carbocycles. The van der Waals surface area contributed by atoms with Crippen molar-refractivity contribution in [1.29, 1.82) is 0 Å². The quantitative estimate of drug-likeness (QED) is 0.617. The van der Waals surface area contributed by atoms with E-state index in [4.69, 9.17) is 0 Å². The van der Waals surface area contributed by atoms with E-state index in [1.165, 1.54) is 17.2 Å². The molecule has 8 nitrogen and oxygen atoms in total. The van der Waals surface area contributed by atoms with Gasteiger partial charge in [-0.15, -0.1) is 15.0 Å². The smallest absolute Gasteiger partial charge is 0.250 e. The molecule has 4 aromatic rings. The van der Waals surface area contributed by atoms with Crippen LogP contribution in [0.2, 0.25) is 0 Å². The lowest BCUT2D eigenvalue weighted by atomic mass is 10.2. The lowest BCUT2D eigenvalue weighted by Crippen LogP contribution is -2.15. The molecule has 3 aromatic heterocycles. The van der Waals surface area contributed by atoms with E-state index < -0.39 is 0 Å². The van der Waals surface area contributed by atoms with Gasteiger partial charge in [-0.1, -0.05) is 0 Å². The summed E-state index contributed by atoms with van der Waals surface area (Å²) in [5.74, 6) is 0.662. The maximum Gasteiger partial charge on any atom is 0.250 e. The Bertz CT molecular complexity index is 1050. The molecule has 0 unspecified atom stereocenters. The van der Waals surface area contributed by atoms with Crippen LogP contribution in [0, 0.1) is 0 Å². The third-order valence-electron chi connectivity index (χ3n) is 3.73. The van der Waals surface area contributed by atoms with Crippen LogP contribution >= 0.6 is 0 Å². The summed E-state index contributed by atoms with van der Waals surface area (Å²) in [4.78, 5) is 17.6. The van der Waals surface area contributed by atoms with Crippen LogP contribution in [0.1, 0.15) is 0 Å². The van der Waals surface area contributed by atoms with Gasteiger partial charge in [0, 0.05) is 36.5 Å². The number of fused-ring (bicyclic) bond motifs is 1. The third kappa shape index (κ3) is 2.50. The number of tetrazole rings is 1. The first-order valence-corrected chi connectivity index (χ1v) is 7.27. The van der Waals surface area contributed by atoms with Gasteiger partial charge in [-0.25, -0.2) is 4.98 Å². The van der Waals surface area contributed by atoms with Gasteiger partial charge in [0.25, 0.3) is 5.56 Å². The van der Waals surface area contributed by atoms with Gasteiger partial charge in [-0.05, 0) is 35.5 Å². The minimum Gasteiger partial charge on any atom is -0.340 e. The number of rotatable bonds is 3. The van der Waals surface area contributed by atoms with E-state index >= 15 is 0 Å². The zero-order chi connectivity index (χ0) is 16.5. The lowest BCUT2D eigenvalue weighted by molar-refractivity contribution is 0.720. The molecule has 118 valence electrons. The molecule has 8 heteroatoms. The van der Waals surface area contributed by atoms with E-state index in [0.717, 1.165) is 22.3 Å². The van der Waals surface area contributed by atoms with E-state index in [9.17, 15) is 4.79 Å². The molecule has 3 heterocycles. The summed E-state index contributed by atoms with van der Waals surface area (Å²) >= 11 is 0. The second kappa shape index (κ2) is 5.58. The minimum atomic E-state index is -0.0515. The molecule has 0 saturated heterocycles. The van der Waals surface area contributed by atoms with Gasteiger partial charge >= 0.3 is 0 Å². The van der Waals surface area contributed by atoms with Gasteiger partial charge < -0.3 is 9.88 Å². The maximum atomic E-state index is 11.8. The van der Waals surface area contributed by atoms with Crippen LogP contribution < -0.4 is 10.9 Å². The number of hydrogen-bond donors (Lipinski definition) is 1. The number of anilines is 2. The Kier molecular flexibility index (Phi) is 3.27. The molecule has 24 heavy (non-hydrogen) atoms. The van der Waals surface area contributed by atoms with E-state index in [-0.39, 0.29) is 5.56 Å². The van der Waals surface area contributed by atoms with Crippen LogP contribution in [0.3, 0.4) is 0 Å². The van der Waals surface area contributed by atoms with E-state index in [0.29, 0.717) is 5.82 Å². The van der Waals surface area contributed by atoms with Crippen LogP contribution in [-0.2, 0) is 7.05 Å². The van der Waals surface area contributed by atoms with Crippen LogP contribution in [0.25, 0.3) is 16.6 Å². The molecule has 0 fully saturated rings. The lowest BCUT2D eigenvalue weighted by Gasteiger charge is -2.09. The zero-order valence-electron chi connectivity index (χ0n) is 12.8. The monoisotopic (exact) mass is 319 g/mol. The fourth-order valence-corrected chi connectivity index (χ4v) is 2.45. The van der Waals surface area contributed by atoms with Gasteiger partial charge in [0.2, 0.25) is 0 Å². The fourth-order valence-electron chi connectivity index (χ4n) is 2.45. The van der Waals surface area contributed by atoms with Crippen molar-refractivity contribution < 1.29 is 0 Å². The Hall–Kier alpha value is -3.55. The average Bonchev–Trinajstić information content (AvgIpc) is 3.14. The fraction of sp³-hybridized carbons (Fsp3) is 0.0625. The molecule has 0 radical (unpaired) electrons. The number of aryl methyl sites for hydroxylation is 1. The molecule has 0 amide bonds. The molecule has 0 atom stereocenters. The second-order valence-electron chi connectivity index (χ2n) is 5.26. The van der Waals surface area contributed by atoms with Crippen LogP contribution in [0.15, 0.2) is 59.8 Å². The average molecular weight is 319 g/mol. The SMILES string of the molecule is Cn1c(=O)ccc2cnc(Nc3ccc(-n4ncnn4)cc3)cc21. The summed E-state index contributed by atoms with van der Waals surface area (Å²) in [5, 5.41) is 15.6. The molecule has 0 saturated carbocycles. The van der Waals surface area contributed by atoms with Crippen molar-refractivity contribution in [1.82, 2.24) is 29.8 Å². The van der Waals surface area contributed by atoms with Gasteiger partial charge in [0.05, 0.1) is 11.2 Å². The van der Waals surface area contributed by atoms with Crippen LogP contribution in [0.4, 0.5) is 11.5 Å². The number of nitrogens with one attached hydrogen (secondary N) is 1. The third-order valence-corrected chi connectivity index (χ3v) is 3.73. The predicted octanol–water partition coefficient (Wildman–Crippen LogP) is 1.65. The van der Waals surface area contributed by atoms with E-state index in [1.807, 2.05) is 30.3 Å². The van der Waals surface area contributed by atoms with Crippen molar-refractivity contribution in [3.05, 3.63) is 65.3 Å². The van der Waals surface area contributed by atoms with Crippen molar-refractivity contribution in [3.63, 3.8) is 0 Å². The molecule has 0 bridgehead atoms. The van der Waals surface area contributed by atoms with E-state index in [1.54, 1.807) is 23.9 Å². The first-order chi connectivity index (χ1) is 11.7. The Labute approximate surface area is 136 Å². The topological polar surface area (TPSA) is 90.5 Å². The second-order valence-corrected chi connectivity index (χ2v) is 5.26. The molecular formula is C16H13N7O. The molecular weight excluding hydrogens is 306 g/mol. The van der Waals surface area contributed by atoms with Gasteiger partial charge in [-0.2, -0.15) is 0 Å². The number of hydrogen-bond acceptors (Lipinski definition) is 6. The van der Waals surface area contributed by atoms with Crippen LogP contribution in [0.5, 0.6) is 0 Å². The summed E-state index contributed by atoms with van der Waals surface area (Å²) in [6.45, 7) is 0. The van der Waals surface area contributed by atoms with E-state index in [2.05, 4.69) is 25.7 Å². The summed E-state index contributed by atoms with van der Waals surface area (Å²) in [6, 6.07) is 12.7. The largest absolute Gasteiger partial charge is 0.340 e. The van der Waals surface area contributed by atoms with Gasteiger partial charge in [0.15, 0.2) is 6.33 Å². The van der Waals surface area contributed by atoms with Crippen molar-refractivity contribution in [2.45, 2.75) is 0 Å². The number of nitrogens with zero attached hydrogens (tertiary/aromatic N) is 6. The summed E-state index contributed by atoms with van der Waals surface area (Å²) in [6.07, 6.45) is 3.13. The summed E-state index contributed by atoms with van der Waals surface area (Å²) in [7, 11) is 1.74. The first-order valence-electron chi connectivity index (χ1n) is 7.27. The van der Waals surface area contributed by atoms with Gasteiger partial charge in [0.1, 0.15) is 5.82 Å². The standard InChI is InChI=1S/C16H13N7O/c1-22-14-8-15(17-9-11(14)2-7-16(22)24)20-12-3-5-13(6-4-12)23-19-10-18-21-23/h2-10H,1H3,(H,17,20). The van der Waals surface area contributed by atoms with Crippen molar-refractivity contribution in [2.75, 3.05) is 5.32 Å². The minimum absolute atomic E-state index is 0.0515. The number of aromatic nitrogens is 6. The summed E-state index contributed by atoms with van der Waals surface area (Å²) in [5.41, 5.74) is 2.45. The highest BCUT2D eigenvalue weighted by atomic mass is 16.1. The Morgan fingerprint density at radius 1 is 1.08 bits per heavy atom. The van der Waals surface area contributed by atoms with Crippen LogP contribution in [-0.4, -0.2) is 29.8 Å². The zero-order valence-corrected chi connectivity index (χ0v) is 12.8. The first kappa shape index (κ1) is 14.1. The maximum absolute atomic E-state index is 11.8. The number of pyridine rings is 2. The molecule has 0 aliphatic rings. The Morgan fingerprint density at radius 2 is 1.92 bits per heavy atom. The van der Waals surface area contributed by atoms with Crippen molar-refractivity contribution >= 4 is 22.4 Å². The highest BCUT2D eigenvalue weighted by Crippen LogP contribution is 2.19. The Balaban J connectivity index is 1.64. The normalized spacial score (nSPS) is 10.9. The Morgan fingerprint density at radius 3 is 2.67 bits per heavy atom. The summed E-state index contributed by atoms with van der Waals surface area (Å²) < 4.78 is 1.60. The molecule has 0 aliphatic carbocycles. The predicted molar refractivity (Wildman–Crippen MR) is 89.4 cm³/mol. The highest BCUT2D eigenvalue weighted by molar-refractivity contribution is 5.81. The molecule has 1 N–H and O–H groups in total. The molecule has 0 aliphatic heterocycles. The van der Waals surface area contributed by atoms with Crippen molar-refractivity contribution in [3.8, 4) is 5.69 Å². The molecule has 4 rings (SSSR count). The molecule has 0 spiro atoms. The highest BCUT2D eigenvalue weighted by Gasteiger charge is 2.04. The van der Waals surface area contributed by atoms with Crippen molar-refractivity contribution in [2.24, 2.45) is 7.05 Å². The van der Waals surface area contributed by atoms with Gasteiger partial charge in [-0.3, -0.25) is 4.79 Å². The number of benzene rings is 1.